The summed E-state index contributed by atoms with van der Waals surface area (Å²) in [6, 6.07) is 13.4. The normalized spacial score (nSPS) is 27.7. The highest BCUT2D eigenvalue weighted by molar-refractivity contribution is 5.82. The first-order valence-electron chi connectivity index (χ1n) is 11.1. The molecule has 1 saturated heterocycles. The number of hydrogen-bond donors (Lipinski definition) is 2. The van der Waals surface area contributed by atoms with Gasteiger partial charge in [-0.05, 0) is 43.4 Å². The number of likely N-dealkylation sites (N-methyl/N-ethyl adjacent to an activating group) is 1. The lowest BCUT2D eigenvalue weighted by Gasteiger charge is -2.30. The van der Waals surface area contributed by atoms with Crippen LogP contribution >= 0.6 is 0 Å². The lowest BCUT2D eigenvalue weighted by molar-refractivity contribution is -0.127. The number of aliphatic hydroxyl groups excluding tert-OH is 1. The third-order valence-corrected chi connectivity index (χ3v) is 7.06. The Morgan fingerprint density at radius 1 is 1.17 bits per heavy atom. The number of hydrogen-bond acceptors (Lipinski definition) is 4. The van der Waals surface area contributed by atoms with Crippen molar-refractivity contribution in [2.45, 2.75) is 38.4 Å². The van der Waals surface area contributed by atoms with Gasteiger partial charge in [0, 0.05) is 49.3 Å². The first kappa shape index (κ1) is 19.5. The zero-order valence-corrected chi connectivity index (χ0v) is 17.3. The molecule has 1 aromatic heterocycles. The quantitative estimate of drug-likeness (QED) is 0.768. The number of rotatable bonds is 6. The summed E-state index contributed by atoms with van der Waals surface area (Å²) in [6.45, 7) is 3.87. The first-order chi connectivity index (χ1) is 14.6. The number of aromatic nitrogens is 1. The Morgan fingerprint density at radius 2 is 1.93 bits per heavy atom. The van der Waals surface area contributed by atoms with Gasteiger partial charge in [0.2, 0.25) is 5.91 Å². The maximum Gasteiger partial charge on any atom is 0.258 e. The van der Waals surface area contributed by atoms with Crippen LogP contribution in [0.5, 0.6) is 0 Å². The molecular formula is C24H29N3O3. The molecule has 0 unspecified atom stereocenters. The van der Waals surface area contributed by atoms with Crippen LogP contribution < -0.4 is 10.9 Å². The molecule has 0 bridgehead atoms. The highest BCUT2D eigenvalue weighted by Crippen LogP contribution is 2.50. The lowest BCUT2D eigenvalue weighted by atomic mass is 9.88. The molecule has 0 radical (unpaired) electrons. The Balaban J connectivity index is 1.56. The van der Waals surface area contributed by atoms with E-state index in [1.807, 2.05) is 47.9 Å². The number of likely N-dealkylation sites (tertiary alicyclic amines) is 1. The van der Waals surface area contributed by atoms with Gasteiger partial charge in [0.25, 0.3) is 5.56 Å². The monoisotopic (exact) mass is 407 g/mol. The largest absolute Gasteiger partial charge is 0.396 e. The topological polar surface area (TPSA) is 74.6 Å². The molecule has 2 aromatic rings. The van der Waals surface area contributed by atoms with Gasteiger partial charge in [-0.25, -0.2) is 0 Å². The van der Waals surface area contributed by atoms with Gasteiger partial charge in [-0.2, -0.15) is 0 Å². The van der Waals surface area contributed by atoms with E-state index in [1.165, 1.54) is 12.8 Å². The van der Waals surface area contributed by atoms with Crippen molar-refractivity contribution in [1.29, 1.82) is 0 Å². The van der Waals surface area contributed by atoms with E-state index < -0.39 is 0 Å². The number of amides is 1. The molecule has 0 spiro atoms. The van der Waals surface area contributed by atoms with E-state index in [9.17, 15) is 14.7 Å². The van der Waals surface area contributed by atoms with Gasteiger partial charge in [0.1, 0.15) is 0 Å². The molecule has 158 valence electrons. The van der Waals surface area contributed by atoms with E-state index in [0.717, 1.165) is 17.8 Å². The zero-order valence-electron chi connectivity index (χ0n) is 17.3. The van der Waals surface area contributed by atoms with Crippen LogP contribution in [0.15, 0.2) is 47.3 Å². The minimum absolute atomic E-state index is 0.00130. The molecule has 2 N–H and O–H groups in total. The lowest BCUT2D eigenvalue weighted by Crippen LogP contribution is -2.48. The van der Waals surface area contributed by atoms with Crippen LogP contribution in [0.3, 0.4) is 0 Å². The predicted molar refractivity (Wildman–Crippen MR) is 115 cm³/mol. The molecule has 2 aliphatic heterocycles. The Labute approximate surface area is 176 Å². The van der Waals surface area contributed by atoms with E-state index in [4.69, 9.17) is 0 Å². The Morgan fingerprint density at radius 3 is 2.60 bits per heavy atom. The van der Waals surface area contributed by atoms with E-state index in [2.05, 4.69) is 16.3 Å². The fourth-order valence-electron chi connectivity index (χ4n) is 5.53. The summed E-state index contributed by atoms with van der Waals surface area (Å²) in [6.07, 6.45) is 2.39. The van der Waals surface area contributed by atoms with E-state index in [-0.39, 0.29) is 42.0 Å². The standard InChI is InChI=1S/C24H29N3O3/c1-2-25-23(29)22-19(14-28)18-13-26-20(21(18)27(22)12-15-8-9-15)11-10-17(24(26)30)16-6-4-3-5-7-16/h3-7,10-11,15,18-19,21-22,28H,2,8-9,12-14H2,1H3,(H,25,29)/t18-,19-,21+,22-/m0/s1. The highest BCUT2D eigenvalue weighted by Gasteiger charge is 2.56. The first-order valence-corrected chi connectivity index (χ1v) is 11.1. The second-order valence-electron chi connectivity index (χ2n) is 8.89. The second-order valence-corrected chi connectivity index (χ2v) is 8.89. The van der Waals surface area contributed by atoms with Gasteiger partial charge >= 0.3 is 0 Å². The van der Waals surface area contributed by atoms with Gasteiger partial charge in [0.05, 0.1) is 12.1 Å². The Kier molecular flexibility index (Phi) is 4.99. The van der Waals surface area contributed by atoms with Crippen molar-refractivity contribution in [3.8, 4) is 11.1 Å². The molecule has 6 nitrogen and oxygen atoms in total. The van der Waals surface area contributed by atoms with Crippen LogP contribution in [-0.2, 0) is 11.3 Å². The fourth-order valence-corrected chi connectivity index (χ4v) is 5.53. The molecule has 2 fully saturated rings. The van der Waals surface area contributed by atoms with Gasteiger partial charge in [-0.3, -0.25) is 14.5 Å². The van der Waals surface area contributed by atoms with Gasteiger partial charge in [-0.15, -0.1) is 0 Å². The number of carbonyl (C=O) groups excluding carboxylic acids is 1. The third-order valence-electron chi connectivity index (χ3n) is 7.06. The number of aliphatic hydroxyl groups is 1. The molecule has 3 heterocycles. The number of benzene rings is 1. The molecule has 1 aromatic carbocycles. The minimum Gasteiger partial charge on any atom is -0.396 e. The summed E-state index contributed by atoms with van der Waals surface area (Å²) in [5, 5.41) is 13.2. The van der Waals surface area contributed by atoms with Crippen molar-refractivity contribution in [1.82, 2.24) is 14.8 Å². The van der Waals surface area contributed by atoms with Crippen LogP contribution in [0, 0.1) is 17.8 Å². The van der Waals surface area contributed by atoms with Crippen molar-refractivity contribution >= 4 is 5.91 Å². The number of nitrogens with zero attached hydrogens (tertiary/aromatic N) is 2. The summed E-state index contributed by atoms with van der Waals surface area (Å²) >= 11 is 0. The van der Waals surface area contributed by atoms with Crippen molar-refractivity contribution in [3.05, 3.63) is 58.5 Å². The molecule has 1 amide bonds. The van der Waals surface area contributed by atoms with Crippen molar-refractivity contribution in [2.75, 3.05) is 19.7 Å². The Hall–Kier alpha value is -2.44. The van der Waals surface area contributed by atoms with Crippen molar-refractivity contribution in [2.24, 2.45) is 17.8 Å². The summed E-state index contributed by atoms with van der Waals surface area (Å²) in [7, 11) is 0. The number of carbonyl (C=O) groups is 1. The van der Waals surface area contributed by atoms with Gasteiger partial charge in [-0.1, -0.05) is 30.3 Å². The maximum absolute atomic E-state index is 13.3. The summed E-state index contributed by atoms with van der Waals surface area (Å²) in [5.41, 5.74) is 2.62. The van der Waals surface area contributed by atoms with Crippen LogP contribution in [0.25, 0.3) is 11.1 Å². The highest BCUT2D eigenvalue weighted by atomic mass is 16.3. The molecule has 1 aliphatic carbocycles. The Bertz CT molecular complexity index is 999. The fraction of sp³-hybridized carbons (Fsp3) is 0.500. The molecule has 30 heavy (non-hydrogen) atoms. The van der Waals surface area contributed by atoms with Gasteiger partial charge < -0.3 is 15.0 Å². The van der Waals surface area contributed by atoms with Crippen molar-refractivity contribution < 1.29 is 9.90 Å². The number of pyridine rings is 1. The van der Waals surface area contributed by atoms with Crippen LogP contribution in [0.2, 0.25) is 0 Å². The SMILES string of the molecule is CCNC(=O)[C@@H]1[C@@H](CO)[C@@H]2Cn3c(ccc(-c4ccccc4)c3=O)[C@@H]2N1CC1CC1. The average molecular weight is 408 g/mol. The predicted octanol–water partition coefficient (Wildman–Crippen LogP) is 2.02. The molecule has 6 heteroatoms. The molecule has 1 saturated carbocycles. The molecule has 5 rings (SSSR count). The molecule has 3 aliphatic rings. The number of fused-ring (bicyclic) bond motifs is 3. The third kappa shape index (κ3) is 3.10. The van der Waals surface area contributed by atoms with Crippen LogP contribution in [0.4, 0.5) is 0 Å². The van der Waals surface area contributed by atoms with Crippen molar-refractivity contribution in [3.63, 3.8) is 0 Å². The smallest absolute Gasteiger partial charge is 0.258 e. The van der Waals surface area contributed by atoms with Crippen LogP contribution in [0.1, 0.15) is 31.5 Å². The van der Waals surface area contributed by atoms with Crippen LogP contribution in [-0.4, -0.2) is 46.2 Å². The van der Waals surface area contributed by atoms with Gasteiger partial charge in [0.15, 0.2) is 0 Å². The minimum atomic E-state index is -0.330. The number of nitrogens with one attached hydrogen (secondary N) is 1. The summed E-state index contributed by atoms with van der Waals surface area (Å²) < 4.78 is 1.88. The zero-order chi connectivity index (χ0) is 20.8. The average Bonchev–Trinajstić information content (AvgIpc) is 3.41. The second kappa shape index (κ2) is 7.67. The molecular weight excluding hydrogens is 378 g/mol. The van der Waals surface area contributed by atoms with E-state index in [0.29, 0.717) is 24.6 Å². The summed E-state index contributed by atoms with van der Waals surface area (Å²) in [5.74, 6) is 0.519. The maximum atomic E-state index is 13.3. The van der Waals surface area contributed by atoms with E-state index in [1.54, 1.807) is 0 Å². The van der Waals surface area contributed by atoms with E-state index >= 15 is 0 Å². The summed E-state index contributed by atoms with van der Waals surface area (Å²) in [4.78, 5) is 28.6. The molecule has 4 atom stereocenters.